The summed E-state index contributed by atoms with van der Waals surface area (Å²) in [5.41, 5.74) is 0. The highest BCUT2D eigenvalue weighted by atomic mass is 15.5. The van der Waals surface area contributed by atoms with Crippen LogP contribution in [0.5, 0.6) is 0 Å². The van der Waals surface area contributed by atoms with Crippen molar-refractivity contribution in [1.82, 2.24) is 25.9 Å². The summed E-state index contributed by atoms with van der Waals surface area (Å²) < 4.78 is 0. The van der Waals surface area contributed by atoms with Gasteiger partial charge in [-0.2, -0.15) is 5.21 Å². The minimum absolute atomic E-state index is 0.173. The first-order chi connectivity index (χ1) is 7.68. The average molecular weight is 223 g/mol. The number of H-pyrrole nitrogens is 1. The van der Waals surface area contributed by atoms with Gasteiger partial charge in [0.1, 0.15) is 0 Å². The van der Waals surface area contributed by atoms with E-state index in [0.29, 0.717) is 6.04 Å². The molecule has 0 saturated heterocycles. The molecular formula is C11H21N5. The molecule has 2 rings (SSSR count). The van der Waals surface area contributed by atoms with Crippen LogP contribution in [0.2, 0.25) is 0 Å². The van der Waals surface area contributed by atoms with Crippen LogP contribution in [0.1, 0.15) is 51.9 Å². The Morgan fingerprint density at radius 1 is 1.31 bits per heavy atom. The van der Waals surface area contributed by atoms with Crippen LogP contribution in [0.15, 0.2) is 0 Å². The molecule has 2 N–H and O–H groups in total. The van der Waals surface area contributed by atoms with Crippen molar-refractivity contribution in [1.29, 1.82) is 0 Å². The van der Waals surface area contributed by atoms with Crippen molar-refractivity contribution in [3.05, 3.63) is 5.82 Å². The van der Waals surface area contributed by atoms with E-state index >= 15 is 0 Å². The zero-order valence-corrected chi connectivity index (χ0v) is 10.3. The molecule has 3 atom stereocenters. The van der Waals surface area contributed by atoms with Crippen LogP contribution >= 0.6 is 0 Å². The van der Waals surface area contributed by atoms with Gasteiger partial charge in [0, 0.05) is 6.04 Å². The fraction of sp³-hybridized carbons (Fsp3) is 0.909. The van der Waals surface area contributed by atoms with Crippen LogP contribution in [0.3, 0.4) is 0 Å². The molecular weight excluding hydrogens is 202 g/mol. The van der Waals surface area contributed by atoms with Gasteiger partial charge in [-0.25, -0.2) is 0 Å². The molecule has 5 heteroatoms. The van der Waals surface area contributed by atoms with Crippen molar-refractivity contribution in [3.63, 3.8) is 0 Å². The molecule has 0 aromatic carbocycles. The van der Waals surface area contributed by atoms with Crippen LogP contribution in [-0.4, -0.2) is 26.7 Å². The van der Waals surface area contributed by atoms with Crippen molar-refractivity contribution in [2.45, 2.75) is 52.1 Å². The first-order valence-corrected chi connectivity index (χ1v) is 6.18. The first kappa shape index (κ1) is 11.5. The highest BCUT2D eigenvalue weighted by Crippen LogP contribution is 2.30. The van der Waals surface area contributed by atoms with E-state index in [4.69, 9.17) is 0 Å². The number of hydrogen-bond acceptors (Lipinski definition) is 4. The maximum Gasteiger partial charge on any atom is 0.191 e. The zero-order chi connectivity index (χ0) is 11.5. The Labute approximate surface area is 96.4 Å². The second kappa shape index (κ2) is 4.91. The van der Waals surface area contributed by atoms with Gasteiger partial charge < -0.3 is 5.32 Å². The second-order valence-corrected chi connectivity index (χ2v) is 5.07. The predicted octanol–water partition coefficient (Wildman–Crippen LogP) is 1.67. The summed E-state index contributed by atoms with van der Waals surface area (Å²) >= 11 is 0. The van der Waals surface area contributed by atoms with E-state index in [0.717, 1.165) is 17.7 Å². The third-order valence-electron chi connectivity index (χ3n) is 3.74. The van der Waals surface area contributed by atoms with Gasteiger partial charge in [-0.1, -0.05) is 25.5 Å². The molecule has 0 spiro atoms. The van der Waals surface area contributed by atoms with Crippen molar-refractivity contribution >= 4 is 0 Å². The number of aromatic amines is 1. The second-order valence-electron chi connectivity index (χ2n) is 5.07. The molecule has 0 aliphatic heterocycles. The molecule has 16 heavy (non-hydrogen) atoms. The lowest BCUT2D eigenvalue weighted by Gasteiger charge is -2.36. The Kier molecular flexibility index (Phi) is 3.53. The molecule has 1 aliphatic rings. The summed E-state index contributed by atoms with van der Waals surface area (Å²) in [5, 5.41) is 17.8. The molecule has 0 bridgehead atoms. The summed E-state index contributed by atoms with van der Waals surface area (Å²) in [5.74, 6) is 2.22. The lowest BCUT2D eigenvalue weighted by Crippen LogP contribution is -2.44. The van der Waals surface area contributed by atoms with E-state index in [1.54, 1.807) is 0 Å². The monoisotopic (exact) mass is 223 g/mol. The van der Waals surface area contributed by atoms with E-state index < -0.39 is 0 Å². The smallest absolute Gasteiger partial charge is 0.191 e. The zero-order valence-electron chi connectivity index (χ0n) is 10.3. The molecule has 1 fully saturated rings. The van der Waals surface area contributed by atoms with Gasteiger partial charge >= 0.3 is 0 Å². The van der Waals surface area contributed by atoms with Crippen LogP contribution in [0.4, 0.5) is 0 Å². The van der Waals surface area contributed by atoms with Crippen molar-refractivity contribution in [3.8, 4) is 0 Å². The quantitative estimate of drug-likeness (QED) is 0.818. The molecule has 1 aromatic heterocycles. The minimum atomic E-state index is 0.173. The highest BCUT2D eigenvalue weighted by Gasteiger charge is 2.29. The maximum atomic E-state index is 4.02. The average Bonchev–Trinajstić information content (AvgIpc) is 2.76. The summed E-state index contributed by atoms with van der Waals surface area (Å²) in [6.45, 7) is 6.76. The Balaban J connectivity index is 1.97. The third kappa shape index (κ3) is 2.40. The summed E-state index contributed by atoms with van der Waals surface area (Å²) in [4.78, 5) is 0. The molecule has 5 nitrogen and oxygen atoms in total. The van der Waals surface area contributed by atoms with Gasteiger partial charge in [0.25, 0.3) is 0 Å². The fourth-order valence-corrected chi connectivity index (χ4v) is 2.73. The summed E-state index contributed by atoms with van der Waals surface area (Å²) in [6.07, 6.45) is 4.00. The molecule has 0 radical (unpaired) electrons. The van der Waals surface area contributed by atoms with Crippen molar-refractivity contribution in [2.24, 2.45) is 11.8 Å². The van der Waals surface area contributed by atoms with E-state index in [-0.39, 0.29) is 6.04 Å². The molecule has 1 heterocycles. The van der Waals surface area contributed by atoms with Crippen molar-refractivity contribution in [2.75, 3.05) is 0 Å². The Morgan fingerprint density at radius 2 is 2.00 bits per heavy atom. The summed E-state index contributed by atoms with van der Waals surface area (Å²) in [7, 11) is 0. The van der Waals surface area contributed by atoms with E-state index in [9.17, 15) is 0 Å². The van der Waals surface area contributed by atoms with Crippen LogP contribution < -0.4 is 5.32 Å². The number of tetrazole rings is 1. The van der Waals surface area contributed by atoms with Crippen LogP contribution in [0, 0.1) is 11.8 Å². The Hall–Kier alpha value is -0.970. The lowest BCUT2D eigenvalue weighted by molar-refractivity contribution is 0.194. The number of aromatic nitrogens is 4. The first-order valence-electron chi connectivity index (χ1n) is 6.18. The SMILES string of the molecule is CC(NC1C(C)CCCC1C)c1nn[nH]n1. The Bertz CT molecular complexity index is 300. The van der Waals surface area contributed by atoms with Crippen LogP contribution in [0.25, 0.3) is 0 Å². The van der Waals surface area contributed by atoms with Gasteiger partial charge in [-0.05, 0) is 31.6 Å². The molecule has 1 aliphatic carbocycles. The maximum absolute atomic E-state index is 4.02. The van der Waals surface area contributed by atoms with E-state index in [1.807, 2.05) is 0 Å². The molecule has 1 aromatic rings. The molecule has 90 valence electrons. The number of nitrogens with one attached hydrogen (secondary N) is 2. The number of hydrogen-bond donors (Lipinski definition) is 2. The highest BCUT2D eigenvalue weighted by molar-refractivity contribution is 4.91. The lowest BCUT2D eigenvalue weighted by atomic mass is 9.78. The largest absolute Gasteiger partial charge is 0.304 e. The molecule has 3 unspecified atom stereocenters. The van der Waals surface area contributed by atoms with Gasteiger partial charge in [0.05, 0.1) is 6.04 Å². The summed E-state index contributed by atoms with van der Waals surface area (Å²) in [6, 6.07) is 0.744. The van der Waals surface area contributed by atoms with Crippen molar-refractivity contribution < 1.29 is 0 Å². The molecule has 1 saturated carbocycles. The van der Waals surface area contributed by atoms with Gasteiger partial charge in [0.15, 0.2) is 5.82 Å². The fourth-order valence-electron chi connectivity index (χ4n) is 2.73. The Morgan fingerprint density at radius 3 is 2.56 bits per heavy atom. The predicted molar refractivity (Wildman–Crippen MR) is 61.7 cm³/mol. The topological polar surface area (TPSA) is 66.5 Å². The van der Waals surface area contributed by atoms with Gasteiger partial charge in [-0.15, -0.1) is 10.2 Å². The minimum Gasteiger partial charge on any atom is -0.304 e. The van der Waals surface area contributed by atoms with Crippen LogP contribution in [-0.2, 0) is 0 Å². The molecule has 0 amide bonds. The number of rotatable bonds is 3. The standard InChI is InChI=1S/C11H21N5/c1-7-5-4-6-8(2)10(7)12-9(3)11-13-15-16-14-11/h7-10,12H,4-6H2,1-3H3,(H,13,14,15,16). The van der Waals surface area contributed by atoms with E-state index in [2.05, 4.69) is 46.7 Å². The third-order valence-corrected chi connectivity index (χ3v) is 3.74. The number of nitrogens with zero attached hydrogens (tertiary/aromatic N) is 3. The van der Waals surface area contributed by atoms with Gasteiger partial charge in [-0.3, -0.25) is 0 Å². The van der Waals surface area contributed by atoms with Gasteiger partial charge in [0.2, 0.25) is 0 Å². The normalized spacial score (nSPS) is 32.6. The van der Waals surface area contributed by atoms with E-state index in [1.165, 1.54) is 19.3 Å².